The summed E-state index contributed by atoms with van der Waals surface area (Å²) in [5, 5.41) is 12.5. The van der Waals surface area contributed by atoms with Crippen LogP contribution in [0.1, 0.15) is 18.4 Å². The summed E-state index contributed by atoms with van der Waals surface area (Å²) < 4.78 is 0. The van der Waals surface area contributed by atoms with Gasteiger partial charge in [-0.2, -0.15) is 0 Å². The number of benzene rings is 1. The van der Waals surface area contributed by atoms with Gasteiger partial charge in [0.15, 0.2) is 0 Å². The molecule has 0 atom stereocenters. The maximum Gasteiger partial charge on any atom is 0.244 e. The van der Waals surface area contributed by atoms with Crippen molar-refractivity contribution >= 4 is 23.6 Å². The minimum absolute atomic E-state index is 0.113. The minimum atomic E-state index is -0.253. The van der Waals surface area contributed by atoms with E-state index in [1.165, 1.54) is 6.08 Å². The fraction of sp³-hybridized carbons (Fsp3) is 0.308. The number of nitrogens with one attached hydrogen (secondary N) is 1. The third-order valence-corrected chi connectivity index (χ3v) is 2.97. The quantitative estimate of drug-likeness (QED) is 0.808. The lowest BCUT2D eigenvalue weighted by molar-refractivity contribution is -0.118. The fourth-order valence-electron chi connectivity index (χ4n) is 1.74. The summed E-state index contributed by atoms with van der Waals surface area (Å²) in [7, 11) is 0. The van der Waals surface area contributed by atoms with Gasteiger partial charge < -0.3 is 10.4 Å². The Labute approximate surface area is 105 Å². The fourth-order valence-corrected chi connectivity index (χ4v) is 1.94. The van der Waals surface area contributed by atoms with Gasteiger partial charge in [-0.15, -0.1) is 0 Å². The maximum absolute atomic E-state index is 11.5. The lowest BCUT2D eigenvalue weighted by atomic mass is 9.89. The number of amides is 1. The molecule has 1 aliphatic rings. The lowest BCUT2D eigenvalue weighted by Crippen LogP contribution is -2.46. The minimum Gasteiger partial charge on any atom is -0.393 e. The van der Waals surface area contributed by atoms with Gasteiger partial charge in [-0.3, -0.25) is 4.79 Å². The van der Waals surface area contributed by atoms with Gasteiger partial charge in [0.05, 0.1) is 6.10 Å². The molecule has 0 unspecified atom stereocenters. The molecule has 90 valence electrons. The molecule has 0 spiro atoms. The zero-order valence-electron chi connectivity index (χ0n) is 9.27. The van der Waals surface area contributed by atoms with Crippen molar-refractivity contribution in [3.63, 3.8) is 0 Å². The Morgan fingerprint density at radius 1 is 1.47 bits per heavy atom. The van der Waals surface area contributed by atoms with Crippen molar-refractivity contribution < 1.29 is 9.90 Å². The Hall–Kier alpha value is -1.32. The van der Waals surface area contributed by atoms with E-state index in [0.717, 1.165) is 5.56 Å². The van der Waals surface area contributed by atoms with Gasteiger partial charge in [0.25, 0.3) is 0 Å². The van der Waals surface area contributed by atoms with E-state index in [1.807, 2.05) is 12.1 Å². The number of hydrogen-bond donors (Lipinski definition) is 2. The average molecular weight is 252 g/mol. The first kappa shape index (κ1) is 12.1. The van der Waals surface area contributed by atoms with Crippen LogP contribution in [0.4, 0.5) is 0 Å². The standard InChI is InChI=1S/C13H14ClNO2/c14-10-3-1-2-9(6-10)4-5-13(17)15-11-7-12(16)8-11/h1-6,11-12,16H,7-8H2,(H,15,17). The van der Waals surface area contributed by atoms with Crippen molar-refractivity contribution in [2.45, 2.75) is 25.0 Å². The Balaban J connectivity index is 1.85. The van der Waals surface area contributed by atoms with Gasteiger partial charge in [-0.1, -0.05) is 23.7 Å². The second-order valence-corrected chi connectivity index (χ2v) is 4.66. The predicted molar refractivity (Wildman–Crippen MR) is 67.7 cm³/mol. The molecule has 1 amide bonds. The Morgan fingerprint density at radius 2 is 2.24 bits per heavy atom. The molecule has 0 bridgehead atoms. The van der Waals surface area contributed by atoms with Crippen molar-refractivity contribution in [2.24, 2.45) is 0 Å². The highest BCUT2D eigenvalue weighted by molar-refractivity contribution is 6.30. The van der Waals surface area contributed by atoms with Crippen LogP contribution in [0.15, 0.2) is 30.3 Å². The summed E-state index contributed by atoms with van der Waals surface area (Å²) in [5.41, 5.74) is 0.890. The molecule has 1 aromatic carbocycles. The van der Waals surface area contributed by atoms with Crippen molar-refractivity contribution in [1.82, 2.24) is 5.32 Å². The normalized spacial score (nSPS) is 23.4. The monoisotopic (exact) mass is 251 g/mol. The first-order valence-corrected chi connectivity index (χ1v) is 5.93. The van der Waals surface area contributed by atoms with Crippen LogP contribution in [0.3, 0.4) is 0 Å². The van der Waals surface area contributed by atoms with Crippen LogP contribution in [0.2, 0.25) is 5.02 Å². The van der Waals surface area contributed by atoms with Crippen LogP contribution in [0, 0.1) is 0 Å². The predicted octanol–water partition coefficient (Wildman–Crippen LogP) is 1.99. The molecule has 0 heterocycles. The molecule has 17 heavy (non-hydrogen) atoms. The summed E-state index contributed by atoms with van der Waals surface area (Å²) in [6, 6.07) is 7.40. The molecule has 0 aromatic heterocycles. The average Bonchev–Trinajstić information content (AvgIpc) is 2.24. The summed E-state index contributed by atoms with van der Waals surface area (Å²) >= 11 is 5.83. The molecule has 1 saturated carbocycles. The molecule has 4 heteroatoms. The molecule has 0 saturated heterocycles. The third kappa shape index (κ3) is 3.58. The van der Waals surface area contributed by atoms with E-state index in [0.29, 0.717) is 17.9 Å². The van der Waals surface area contributed by atoms with Gasteiger partial charge in [0.2, 0.25) is 5.91 Å². The first-order valence-electron chi connectivity index (χ1n) is 5.56. The second kappa shape index (κ2) is 5.34. The van der Waals surface area contributed by atoms with Crippen molar-refractivity contribution in [3.8, 4) is 0 Å². The molecular weight excluding hydrogens is 238 g/mol. The van der Waals surface area contributed by atoms with E-state index < -0.39 is 0 Å². The Kier molecular flexibility index (Phi) is 3.82. The van der Waals surface area contributed by atoms with Crippen molar-refractivity contribution in [3.05, 3.63) is 40.9 Å². The zero-order valence-corrected chi connectivity index (χ0v) is 10.0. The smallest absolute Gasteiger partial charge is 0.244 e. The molecule has 3 nitrogen and oxygen atoms in total. The molecular formula is C13H14ClNO2. The van der Waals surface area contributed by atoms with Gasteiger partial charge in [-0.25, -0.2) is 0 Å². The first-order chi connectivity index (χ1) is 8.13. The summed E-state index contributed by atoms with van der Waals surface area (Å²) in [4.78, 5) is 11.5. The van der Waals surface area contributed by atoms with Gasteiger partial charge >= 0.3 is 0 Å². The highest BCUT2D eigenvalue weighted by Gasteiger charge is 2.27. The topological polar surface area (TPSA) is 49.3 Å². The van der Waals surface area contributed by atoms with Gasteiger partial charge in [0, 0.05) is 17.1 Å². The summed E-state index contributed by atoms with van der Waals surface area (Å²) in [5.74, 6) is -0.137. The van der Waals surface area contributed by atoms with E-state index in [2.05, 4.69) is 5.32 Å². The van der Waals surface area contributed by atoms with Crippen LogP contribution in [0.25, 0.3) is 6.08 Å². The highest BCUT2D eigenvalue weighted by Crippen LogP contribution is 2.19. The zero-order chi connectivity index (χ0) is 12.3. The highest BCUT2D eigenvalue weighted by atomic mass is 35.5. The number of aliphatic hydroxyl groups is 1. The van der Waals surface area contributed by atoms with E-state index in [4.69, 9.17) is 16.7 Å². The van der Waals surface area contributed by atoms with Crippen LogP contribution in [-0.4, -0.2) is 23.2 Å². The molecule has 2 rings (SSSR count). The number of halogens is 1. The van der Waals surface area contributed by atoms with Crippen molar-refractivity contribution in [1.29, 1.82) is 0 Å². The number of hydrogen-bond acceptors (Lipinski definition) is 2. The molecule has 0 aliphatic heterocycles. The Bertz CT molecular complexity index is 439. The summed E-state index contributed by atoms with van der Waals surface area (Å²) in [6.45, 7) is 0. The molecule has 1 fully saturated rings. The number of carbonyl (C=O) groups is 1. The number of aliphatic hydroxyl groups excluding tert-OH is 1. The van der Waals surface area contributed by atoms with Gasteiger partial charge in [0.1, 0.15) is 0 Å². The SMILES string of the molecule is O=C(C=Cc1cccc(Cl)c1)NC1CC(O)C1. The van der Waals surface area contributed by atoms with Crippen LogP contribution in [0.5, 0.6) is 0 Å². The van der Waals surface area contributed by atoms with E-state index in [-0.39, 0.29) is 18.1 Å². The van der Waals surface area contributed by atoms with Crippen LogP contribution >= 0.6 is 11.6 Å². The molecule has 1 aliphatic carbocycles. The number of rotatable bonds is 3. The lowest BCUT2D eigenvalue weighted by Gasteiger charge is -2.31. The Morgan fingerprint density at radius 3 is 2.88 bits per heavy atom. The second-order valence-electron chi connectivity index (χ2n) is 4.22. The molecule has 0 radical (unpaired) electrons. The molecule has 1 aromatic rings. The number of carbonyl (C=O) groups excluding carboxylic acids is 1. The van der Waals surface area contributed by atoms with E-state index >= 15 is 0 Å². The maximum atomic E-state index is 11.5. The molecule has 2 N–H and O–H groups in total. The van der Waals surface area contributed by atoms with E-state index in [9.17, 15) is 4.79 Å². The van der Waals surface area contributed by atoms with Crippen LogP contribution in [-0.2, 0) is 4.79 Å². The largest absolute Gasteiger partial charge is 0.393 e. The van der Waals surface area contributed by atoms with Gasteiger partial charge in [-0.05, 0) is 36.6 Å². The third-order valence-electron chi connectivity index (χ3n) is 2.74. The van der Waals surface area contributed by atoms with E-state index in [1.54, 1.807) is 18.2 Å². The van der Waals surface area contributed by atoms with Crippen LogP contribution < -0.4 is 5.32 Å². The summed E-state index contributed by atoms with van der Waals surface area (Å²) in [6.07, 6.45) is 4.25. The van der Waals surface area contributed by atoms with Crippen molar-refractivity contribution in [2.75, 3.05) is 0 Å².